The van der Waals surface area contributed by atoms with E-state index in [1.807, 2.05) is 30.3 Å². The summed E-state index contributed by atoms with van der Waals surface area (Å²) in [4.78, 5) is 32.4. The van der Waals surface area contributed by atoms with Gasteiger partial charge in [0, 0.05) is 23.7 Å². The first-order chi connectivity index (χ1) is 16.2. The van der Waals surface area contributed by atoms with Crippen LogP contribution < -0.4 is 9.64 Å². The van der Waals surface area contributed by atoms with Gasteiger partial charge in [-0.05, 0) is 60.1 Å². The van der Waals surface area contributed by atoms with Crippen molar-refractivity contribution in [2.75, 3.05) is 4.90 Å². The zero-order chi connectivity index (χ0) is 24.3. The van der Waals surface area contributed by atoms with Crippen LogP contribution in [-0.4, -0.2) is 33.4 Å². The Balaban J connectivity index is 1.45. The fourth-order valence-electron chi connectivity index (χ4n) is 3.50. The molecule has 0 bridgehead atoms. The normalized spacial score (nSPS) is 16.3. The van der Waals surface area contributed by atoms with E-state index in [0.717, 1.165) is 16.0 Å². The van der Waals surface area contributed by atoms with E-state index in [9.17, 15) is 22.8 Å². The third-order valence-electron chi connectivity index (χ3n) is 5.19. The summed E-state index contributed by atoms with van der Waals surface area (Å²) >= 11 is -0.256. The van der Waals surface area contributed by atoms with Crippen LogP contribution in [0.5, 0.6) is 5.88 Å². The Hall–Kier alpha value is -3.53. The highest BCUT2D eigenvalue weighted by atomic mass is 32.2. The van der Waals surface area contributed by atoms with Gasteiger partial charge in [0.2, 0.25) is 5.88 Å². The second kappa shape index (κ2) is 9.76. The molecule has 0 saturated carbocycles. The van der Waals surface area contributed by atoms with Gasteiger partial charge < -0.3 is 9.64 Å². The van der Waals surface area contributed by atoms with Gasteiger partial charge in [0.25, 0.3) is 5.91 Å². The fourth-order valence-corrected chi connectivity index (χ4v) is 4.04. The lowest BCUT2D eigenvalue weighted by molar-refractivity contribution is -0.119. The van der Waals surface area contributed by atoms with Crippen molar-refractivity contribution < 1.29 is 27.5 Å². The minimum absolute atomic E-state index is 0.0277. The number of ether oxygens (including phenoxy) is 1. The average molecular weight is 488 g/mol. The molecule has 0 spiro atoms. The predicted octanol–water partition coefficient (Wildman–Crippen LogP) is 5.63. The molecule has 3 aromatic rings. The molecule has 2 aromatic carbocycles. The smallest absolute Gasteiger partial charge is 0.446 e. The quantitative estimate of drug-likeness (QED) is 0.319. The maximum absolute atomic E-state index is 13.0. The number of imide groups is 1. The monoisotopic (exact) mass is 487 g/mol. The fraction of sp³-hybridized carbons (Fsp3) is 0.208. The largest absolute Gasteiger partial charge is 0.473 e. The van der Waals surface area contributed by atoms with Crippen molar-refractivity contribution >= 4 is 29.4 Å². The van der Waals surface area contributed by atoms with Crippen LogP contribution in [0.1, 0.15) is 18.1 Å². The van der Waals surface area contributed by atoms with Gasteiger partial charge in [-0.3, -0.25) is 4.79 Å². The molecule has 1 saturated heterocycles. The maximum Gasteiger partial charge on any atom is 0.446 e. The Morgan fingerprint density at radius 3 is 2.38 bits per heavy atom. The predicted molar refractivity (Wildman–Crippen MR) is 121 cm³/mol. The van der Waals surface area contributed by atoms with Crippen LogP contribution in [0.25, 0.3) is 0 Å². The molecule has 1 atom stereocenters. The Bertz CT molecular complexity index is 1170. The van der Waals surface area contributed by atoms with Crippen LogP contribution in [0.4, 0.5) is 23.7 Å². The SMILES string of the molecule is CC1C(=O)N(c2ccc(SC(F)(F)F)cc2)C(=O)N1Cc1ccnc(OCc2ccccc2)c1. The second-order valence-corrected chi connectivity index (χ2v) is 8.72. The van der Waals surface area contributed by atoms with Crippen LogP contribution in [0, 0.1) is 0 Å². The zero-order valence-corrected chi connectivity index (χ0v) is 18.8. The lowest BCUT2D eigenvalue weighted by atomic mass is 10.2. The molecule has 1 aromatic heterocycles. The standard InChI is InChI=1S/C24H20F3N3O3S/c1-16-22(31)30(19-7-9-20(10-8-19)34-24(25,26)27)23(32)29(16)14-18-11-12-28-21(13-18)33-15-17-5-3-2-4-6-17/h2-13,16H,14-15H2,1H3. The molecule has 176 valence electrons. The number of rotatable bonds is 7. The van der Waals surface area contributed by atoms with Gasteiger partial charge in [-0.15, -0.1) is 0 Å². The van der Waals surface area contributed by atoms with Crippen molar-refractivity contribution in [3.05, 3.63) is 84.1 Å². The number of nitrogens with zero attached hydrogens (tertiary/aromatic N) is 3. The molecular weight excluding hydrogens is 467 g/mol. The van der Waals surface area contributed by atoms with Crippen molar-refractivity contribution in [1.82, 2.24) is 9.88 Å². The van der Waals surface area contributed by atoms with Gasteiger partial charge in [-0.1, -0.05) is 30.3 Å². The van der Waals surface area contributed by atoms with Gasteiger partial charge >= 0.3 is 11.5 Å². The number of anilines is 1. The van der Waals surface area contributed by atoms with Crippen molar-refractivity contribution in [3.63, 3.8) is 0 Å². The van der Waals surface area contributed by atoms with Gasteiger partial charge in [-0.2, -0.15) is 13.2 Å². The zero-order valence-electron chi connectivity index (χ0n) is 18.0. The molecule has 4 rings (SSSR count). The first kappa shape index (κ1) is 23.6. The number of urea groups is 1. The lowest BCUT2D eigenvalue weighted by Gasteiger charge is -2.19. The lowest BCUT2D eigenvalue weighted by Crippen LogP contribution is -2.33. The number of hydrogen-bond acceptors (Lipinski definition) is 5. The third-order valence-corrected chi connectivity index (χ3v) is 5.93. The van der Waals surface area contributed by atoms with E-state index in [1.54, 1.807) is 25.3 Å². The van der Waals surface area contributed by atoms with Crippen LogP contribution in [0.15, 0.2) is 77.8 Å². The summed E-state index contributed by atoms with van der Waals surface area (Å²) in [5, 5.41) is 0. The van der Waals surface area contributed by atoms with E-state index in [1.165, 1.54) is 29.2 Å². The van der Waals surface area contributed by atoms with Crippen LogP contribution in [-0.2, 0) is 17.9 Å². The second-order valence-electron chi connectivity index (χ2n) is 7.58. The van der Waals surface area contributed by atoms with Crippen LogP contribution in [0.3, 0.4) is 0 Å². The summed E-state index contributed by atoms with van der Waals surface area (Å²) in [5.41, 5.74) is -2.48. The highest BCUT2D eigenvalue weighted by Gasteiger charge is 2.43. The number of amides is 3. The number of carbonyl (C=O) groups is 2. The van der Waals surface area contributed by atoms with E-state index < -0.39 is 23.5 Å². The summed E-state index contributed by atoms with van der Waals surface area (Å²) in [6.07, 6.45) is 1.57. The third kappa shape index (κ3) is 5.51. The number of aromatic nitrogens is 1. The van der Waals surface area contributed by atoms with Crippen molar-refractivity contribution in [1.29, 1.82) is 0 Å². The van der Waals surface area contributed by atoms with Crippen molar-refractivity contribution in [2.45, 2.75) is 36.5 Å². The van der Waals surface area contributed by atoms with Crippen molar-refractivity contribution in [2.24, 2.45) is 0 Å². The maximum atomic E-state index is 13.0. The Morgan fingerprint density at radius 1 is 1.00 bits per heavy atom. The number of pyridine rings is 1. The Labute approximate surface area is 198 Å². The molecule has 34 heavy (non-hydrogen) atoms. The number of benzene rings is 2. The number of hydrogen-bond donors (Lipinski definition) is 0. The highest BCUT2D eigenvalue weighted by Crippen LogP contribution is 2.38. The Morgan fingerprint density at radius 2 is 1.71 bits per heavy atom. The molecule has 1 fully saturated rings. The molecule has 1 aliphatic rings. The molecule has 1 aliphatic heterocycles. The number of thioether (sulfide) groups is 1. The highest BCUT2D eigenvalue weighted by molar-refractivity contribution is 8.00. The molecule has 6 nitrogen and oxygen atoms in total. The summed E-state index contributed by atoms with van der Waals surface area (Å²) in [6.45, 7) is 2.10. The Kier molecular flexibility index (Phi) is 6.78. The molecule has 0 aliphatic carbocycles. The van der Waals surface area contributed by atoms with E-state index in [-0.39, 0.29) is 28.9 Å². The number of carbonyl (C=O) groups excluding carboxylic acids is 2. The molecular formula is C24H20F3N3O3S. The molecule has 1 unspecified atom stereocenters. The van der Waals surface area contributed by atoms with Gasteiger partial charge in [0.05, 0.1) is 5.69 Å². The molecule has 0 radical (unpaired) electrons. The van der Waals surface area contributed by atoms with Crippen molar-refractivity contribution in [3.8, 4) is 5.88 Å². The minimum Gasteiger partial charge on any atom is -0.473 e. The molecule has 2 heterocycles. The summed E-state index contributed by atoms with van der Waals surface area (Å²) in [6, 6.07) is 16.9. The van der Waals surface area contributed by atoms with E-state index in [2.05, 4.69) is 4.98 Å². The first-order valence-corrected chi connectivity index (χ1v) is 11.1. The number of halogens is 3. The molecule has 0 N–H and O–H groups in total. The van der Waals surface area contributed by atoms with Crippen LogP contribution in [0.2, 0.25) is 0 Å². The summed E-state index contributed by atoms with van der Waals surface area (Å²) < 4.78 is 43.4. The summed E-state index contributed by atoms with van der Waals surface area (Å²) in [7, 11) is 0. The van der Waals surface area contributed by atoms with E-state index >= 15 is 0 Å². The van der Waals surface area contributed by atoms with E-state index in [0.29, 0.717) is 12.5 Å². The van der Waals surface area contributed by atoms with Gasteiger partial charge in [-0.25, -0.2) is 14.7 Å². The topological polar surface area (TPSA) is 62.7 Å². The van der Waals surface area contributed by atoms with Gasteiger partial charge in [0.15, 0.2) is 0 Å². The average Bonchev–Trinajstić information content (AvgIpc) is 3.01. The number of alkyl halides is 3. The minimum atomic E-state index is -4.42. The summed E-state index contributed by atoms with van der Waals surface area (Å²) in [5.74, 6) is -0.0579. The van der Waals surface area contributed by atoms with Crippen LogP contribution >= 0.6 is 11.8 Å². The van der Waals surface area contributed by atoms with Gasteiger partial charge in [0.1, 0.15) is 12.6 Å². The molecule has 3 amide bonds. The first-order valence-electron chi connectivity index (χ1n) is 10.3. The van der Waals surface area contributed by atoms with E-state index in [4.69, 9.17) is 4.74 Å². The molecule has 10 heteroatoms.